The summed E-state index contributed by atoms with van der Waals surface area (Å²) in [5.41, 5.74) is 2.83. The second kappa shape index (κ2) is 7.36. The molecule has 0 atom stereocenters. The molecule has 0 radical (unpaired) electrons. The molecule has 2 heterocycles. The summed E-state index contributed by atoms with van der Waals surface area (Å²) in [5.74, 6) is -0.258. The summed E-state index contributed by atoms with van der Waals surface area (Å²) in [6.07, 6.45) is 0. The monoisotopic (exact) mass is 449 g/mol. The molecule has 1 aromatic heterocycles. The number of hydrogen-bond acceptors (Lipinski definition) is 3. The maximum atomic E-state index is 13.6. The van der Waals surface area contributed by atoms with E-state index in [4.69, 9.17) is 14.3 Å². The van der Waals surface area contributed by atoms with Crippen LogP contribution < -0.4 is 5.46 Å². The van der Waals surface area contributed by atoms with E-state index in [0.717, 1.165) is 49.2 Å². The van der Waals surface area contributed by atoms with Crippen molar-refractivity contribution in [1.82, 2.24) is 4.98 Å². The molecule has 0 bridgehead atoms. The van der Waals surface area contributed by atoms with Gasteiger partial charge in [-0.05, 0) is 74.3 Å². The SMILES string of the molecule is CC1(C)OB(c2cccc3c2ccc2c(-c4ccc(F)cc4)nc4ccccc4c23)OC1(C)C. The average molecular weight is 449 g/mol. The minimum Gasteiger partial charge on any atom is -0.399 e. The molecule has 0 spiro atoms. The van der Waals surface area contributed by atoms with Crippen molar-refractivity contribution in [2.45, 2.75) is 38.9 Å². The lowest BCUT2D eigenvalue weighted by Crippen LogP contribution is -2.41. The summed E-state index contributed by atoms with van der Waals surface area (Å²) in [6, 6.07) is 25.3. The molecule has 1 aliphatic rings. The van der Waals surface area contributed by atoms with E-state index in [1.54, 1.807) is 12.1 Å². The highest BCUT2D eigenvalue weighted by Gasteiger charge is 2.52. The number of benzene rings is 4. The normalized spacial score (nSPS) is 17.1. The molecule has 1 saturated heterocycles. The lowest BCUT2D eigenvalue weighted by molar-refractivity contribution is 0.00578. The Morgan fingerprint density at radius 2 is 1.32 bits per heavy atom. The number of nitrogens with zero attached hydrogens (tertiary/aromatic N) is 1. The zero-order chi connectivity index (χ0) is 23.7. The smallest absolute Gasteiger partial charge is 0.399 e. The van der Waals surface area contributed by atoms with Gasteiger partial charge < -0.3 is 9.31 Å². The lowest BCUT2D eigenvalue weighted by Gasteiger charge is -2.32. The van der Waals surface area contributed by atoms with Gasteiger partial charge in [-0.2, -0.15) is 0 Å². The summed E-state index contributed by atoms with van der Waals surface area (Å²) < 4.78 is 26.4. The van der Waals surface area contributed by atoms with Crippen LogP contribution in [0, 0.1) is 5.82 Å². The average Bonchev–Trinajstić information content (AvgIpc) is 3.04. The van der Waals surface area contributed by atoms with E-state index in [0.29, 0.717) is 0 Å². The number of aromatic nitrogens is 1. The summed E-state index contributed by atoms with van der Waals surface area (Å²) in [6.45, 7) is 8.28. The predicted octanol–water partition coefficient (Wildman–Crippen LogP) is 6.65. The fourth-order valence-electron chi connectivity index (χ4n) is 4.84. The van der Waals surface area contributed by atoms with E-state index in [1.807, 2.05) is 18.2 Å². The van der Waals surface area contributed by atoms with E-state index < -0.39 is 18.3 Å². The second-order valence-corrected chi connectivity index (χ2v) is 10.0. The third-order valence-electron chi connectivity index (χ3n) is 7.38. The molecule has 4 aromatic carbocycles. The third-order valence-corrected chi connectivity index (χ3v) is 7.38. The van der Waals surface area contributed by atoms with Gasteiger partial charge in [0.05, 0.1) is 22.4 Å². The van der Waals surface area contributed by atoms with Crippen LogP contribution in [0.1, 0.15) is 27.7 Å². The first kappa shape index (κ1) is 21.3. The van der Waals surface area contributed by atoms with Gasteiger partial charge in [-0.15, -0.1) is 0 Å². The number of halogens is 1. The molecule has 0 aliphatic carbocycles. The van der Waals surface area contributed by atoms with Gasteiger partial charge in [-0.3, -0.25) is 0 Å². The van der Waals surface area contributed by atoms with Gasteiger partial charge in [0.25, 0.3) is 0 Å². The van der Waals surface area contributed by atoms with Gasteiger partial charge in [0, 0.05) is 21.7 Å². The van der Waals surface area contributed by atoms with Crippen LogP contribution in [0.3, 0.4) is 0 Å². The molecule has 34 heavy (non-hydrogen) atoms. The largest absolute Gasteiger partial charge is 0.495 e. The molecular weight excluding hydrogens is 424 g/mol. The molecular formula is C29H25BFNO2. The fraction of sp³-hybridized carbons (Fsp3) is 0.207. The first-order valence-electron chi connectivity index (χ1n) is 11.6. The van der Waals surface area contributed by atoms with Gasteiger partial charge in [-0.25, -0.2) is 9.37 Å². The van der Waals surface area contributed by atoms with Crippen LogP contribution in [0.5, 0.6) is 0 Å². The van der Waals surface area contributed by atoms with Crippen LogP contribution in [-0.4, -0.2) is 23.3 Å². The van der Waals surface area contributed by atoms with E-state index >= 15 is 0 Å². The van der Waals surface area contributed by atoms with E-state index in [1.165, 1.54) is 12.1 Å². The molecule has 5 aromatic rings. The van der Waals surface area contributed by atoms with Gasteiger partial charge in [0.15, 0.2) is 0 Å². The minimum atomic E-state index is -0.448. The fourth-order valence-corrected chi connectivity index (χ4v) is 4.84. The summed E-state index contributed by atoms with van der Waals surface area (Å²) in [5, 5.41) is 5.45. The van der Waals surface area contributed by atoms with Crippen LogP contribution in [0.4, 0.5) is 4.39 Å². The van der Waals surface area contributed by atoms with E-state index in [-0.39, 0.29) is 5.82 Å². The van der Waals surface area contributed by atoms with Crippen molar-refractivity contribution in [1.29, 1.82) is 0 Å². The summed E-state index contributed by atoms with van der Waals surface area (Å²) >= 11 is 0. The molecule has 168 valence electrons. The van der Waals surface area contributed by atoms with Crippen LogP contribution >= 0.6 is 0 Å². The van der Waals surface area contributed by atoms with Gasteiger partial charge >= 0.3 is 7.12 Å². The number of rotatable bonds is 2. The molecule has 3 nitrogen and oxygen atoms in total. The van der Waals surface area contributed by atoms with Crippen molar-refractivity contribution in [3.8, 4) is 11.3 Å². The van der Waals surface area contributed by atoms with E-state index in [2.05, 4.69) is 64.1 Å². The molecule has 1 aliphatic heterocycles. The number of pyridine rings is 1. The zero-order valence-corrected chi connectivity index (χ0v) is 19.7. The molecule has 0 N–H and O–H groups in total. The Hall–Kier alpha value is -3.28. The molecule has 1 fully saturated rings. The Morgan fingerprint density at radius 3 is 2.06 bits per heavy atom. The zero-order valence-electron chi connectivity index (χ0n) is 19.7. The Labute approximate surface area is 198 Å². The first-order valence-corrected chi connectivity index (χ1v) is 11.6. The van der Waals surface area contributed by atoms with Crippen molar-refractivity contribution >= 4 is 45.0 Å². The van der Waals surface area contributed by atoms with Crippen LogP contribution in [-0.2, 0) is 9.31 Å². The Balaban J connectivity index is 1.66. The Bertz CT molecular complexity index is 1560. The second-order valence-electron chi connectivity index (χ2n) is 10.0. The molecule has 0 saturated carbocycles. The van der Waals surface area contributed by atoms with Crippen molar-refractivity contribution in [3.63, 3.8) is 0 Å². The summed E-state index contributed by atoms with van der Waals surface area (Å²) in [7, 11) is -0.448. The highest BCUT2D eigenvalue weighted by Crippen LogP contribution is 2.39. The highest BCUT2D eigenvalue weighted by atomic mass is 19.1. The quantitative estimate of drug-likeness (QED) is 0.224. The van der Waals surface area contributed by atoms with Crippen molar-refractivity contribution in [3.05, 3.63) is 84.7 Å². The minimum absolute atomic E-state index is 0.258. The van der Waals surface area contributed by atoms with Gasteiger partial charge in [-0.1, -0.05) is 48.5 Å². The standard InChI is InChI=1S/C29H25BFNO2/c1-28(2)29(3,4)34-30(33-28)24-10-7-9-21-20(24)16-17-23-26(21)22-8-5-6-11-25(22)32-27(23)18-12-14-19(31)15-13-18/h5-17H,1-4H3. The van der Waals surface area contributed by atoms with Crippen LogP contribution in [0.25, 0.3) is 43.7 Å². The Morgan fingerprint density at radius 1 is 0.676 bits per heavy atom. The van der Waals surface area contributed by atoms with E-state index in [9.17, 15) is 4.39 Å². The number of hydrogen-bond donors (Lipinski definition) is 0. The topological polar surface area (TPSA) is 31.4 Å². The number of para-hydroxylation sites is 1. The maximum Gasteiger partial charge on any atom is 0.495 e. The van der Waals surface area contributed by atoms with Crippen molar-refractivity contribution in [2.24, 2.45) is 0 Å². The van der Waals surface area contributed by atoms with Crippen molar-refractivity contribution in [2.75, 3.05) is 0 Å². The maximum absolute atomic E-state index is 13.6. The predicted molar refractivity (Wildman–Crippen MR) is 138 cm³/mol. The van der Waals surface area contributed by atoms with Crippen molar-refractivity contribution < 1.29 is 13.7 Å². The highest BCUT2D eigenvalue weighted by molar-refractivity contribution is 6.65. The molecule has 6 rings (SSSR count). The van der Waals surface area contributed by atoms with Gasteiger partial charge in [0.2, 0.25) is 0 Å². The molecule has 0 unspecified atom stereocenters. The van der Waals surface area contributed by atoms with Crippen LogP contribution in [0.2, 0.25) is 0 Å². The molecule has 5 heteroatoms. The number of fused-ring (bicyclic) bond motifs is 5. The van der Waals surface area contributed by atoms with Gasteiger partial charge in [0.1, 0.15) is 5.82 Å². The van der Waals surface area contributed by atoms with Crippen LogP contribution in [0.15, 0.2) is 78.9 Å². The molecule has 0 amide bonds. The Kier molecular flexibility index (Phi) is 4.60. The third kappa shape index (κ3) is 3.15. The summed E-state index contributed by atoms with van der Waals surface area (Å²) in [4.78, 5) is 4.98. The lowest BCUT2D eigenvalue weighted by atomic mass is 9.75. The first-order chi connectivity index (χ1) is 16.2.